The average Bonchev–Trinajstić information content (AvgIpc) is 2.63. The molecule has 0 bridgehead atoms. The van der Waals surface area contributed by atoms with Gasteiger partial charge in [-0.1, -0.05) is 75.6 Å². The molecule has 2 aromatic rings. The van der Waals surface area contributed by atoms with Crippen LogP contribution in [0.3, 0.4) is 0 Å². The van der Waals surface area contributed by atoms with Crippen LogP contribution in [0.5, 0.6) is 5.75 Å². The van der Waals surface area contributed by atoms with Crippen LogP contribution in [0, 0.1) is 5.92 Å². The van der Waals surface area contributed by atoms with E-state index in [0.29, 0.717) is 5.75 Å². The molecular weight excluding hydrogens is 296 g/mol. The Labute approximate surface area is 144 Å². The molecule has 0 heterocycles. The van der Waals surface area contributed by atoms with Gasteiger partial charge >= 0.3 is 5.97 Å². The molecule has 1 fully saturated rings. The maximum absolute atomic E-state index is 11.8. The lowest BCUT2D eigenvalue weighted by molar-refractivity contribution is -0.137. The van der Waals surface area contributed by atoms with Crippen molar-refractivity contribution in [1.82, 2.24) is 0 Å². The molecule has 0 aromatic heterocycles. The van der Waals surface area contributed by atoms with Crippen molar-refractivity contribution in [2.75, 3.05) is 0 Å². The molecule has 126 valence electrons. The third-order valence-electron chi connectivity index (χ3n) is 5.13. The molecule has 0 atom stereocenters. The quantitative estimate of drug-likeness (QED) is 0.549. The fourth-order valence-corrected chi connectivity index (χ4v) is 3.73. The first-order valence-electron chi connectivity index (χ1n) is 8.99. The molecule has 0 radical (unpaired) electrons. The van der Waals surface area contributed by atoms with Crippen LogP contribution in [-0.2, 0) is 10.2 Å². The molecule has 0 amide bonds. The number of rotatable bonds is 4. The second-order valence-electron chi connectivity index (χ2n) is 7.11. The van der Waals surface area contributed by atoms with Crippen molar-refractivity contribution < 1.29 is 9.53 Å². The van der Waals surface area contributed by atoms with E-state index in [1.165, 1.54) is 43.2 Å². The van der Waals surface area contributed by atoms with Crippen molar-refractivity contribution in [3.05, 3.63) is 65.7 Å². The van der Waals surface area contributed by atoms with Crippen LogP contribution in [0.2, 0.25) is 0 Å². The van der Waals surface area contributed by atoms with Crippen LogP contribution in [0.1, 0.15) is 57.1 Å². The largest absolute Gasteiger partial charge is 0.426 e. The summed E-state index contributed by atoms with van der Waals surface area (Å²) in [6.07, 6.45) is 6.21. The Kier molecular flexibility index (Phi) is 5.03. The summed E-state index contributed by atoms with van der Waals surface area (Å²) in [7, 11) is 0. The molecule has 1 aliphatic carbocycles. The highest BCUT2D eigenvalue weighted by Crippen LogP contribution is 2.45. The monoisotopic (exact) mass is 322 g/mol. The molecule has 0 N–H and O–H groups in total. The third kappa shape index (κ3) is 3.38. The van der Waals surface area contributed by atoms with Gasteiger partial charge in [-0.15, -0.1) is 0 Å². The summed E-state index contributed by atoms with van der Waals surface area (Å²) in [4.78, 5) is 11.8. The second-order valence-corrected chi connectivity index (χ2v) is 7.11. The second kappa shape index (κ2) is 7.21. The highest BCUT2D eigenvalue weighted by molar-refractivity contribution is 5.74. The highest BCUT2D eigenvalue weighted by Gasteiger charge is 2.35. The smallest absolute Gasteiger partial charge is 0.313 e. The molecule has 0 spiro atoms. The van der Waals surface area contributed by atoms with Crippen LogP contribution in [-0.4, -0.2) is 5.97 Å². The molecule has 24 heavy (non-hydrogen) atoms. The van der Waals surface area contributed by atoms with Gasteiger partial charge in [-0.25, -0.2) is 0 Å². The molecule has 0 saturated heterocycles. The summed E-state index contributed by atoms with van der Waals surface area (Å²) < 4.78 is 5.42. The van der Waals surface area contributed by atoms with Crippen LogP contribution in [0.15, 0.2) is 54.6 Å². The summed E-state index contributed by atoms with van der Waals surface area (Å²) in [5.41, 5.74) is 2.83. The fourth-order valence-electron chi connectivity index (χ4n) is 3.73. The molecule has 0 unspecified atom stereocenters. The lowest BCUT2D eigenvalue weighted by Crippen LogP contribution is -2.30. The molecule has 0 aliphatic heterocycles. The van der Waals surface area contributed by atoms with E-state index >= 15 is 0 Å². The van der Waals surface area contributed by atoms with E-state index in [1.54, 1.807) is 0 Å². The zero-order valence-corrected chi connectivity index (χ0v) is 14.6. The van der Waals surface area contributed by atoms with Gasteiger partial charge in [-0.2, -0.15) is 0 Å². The molecule has 1 saturated carbocycles. The molecule has 3 rings (SSSR count). The summed E-state index contributed by atoms with van der Waals surface area (Å²) in [5, 5.41) is 0. The Morgan fingerprint density at radius 2 is 1.46 bits per heavy atom. The van der Waals surface area contributed by atoms with Crippen LogP contribution in [0.4, 0.5) is 0 Å². The van der Waals surface area contributed by atoms with Gasteiger partial charge in [0.2, 0.25) is 0 Å². The third-order valence-corrected chi connectivity index (χ3v) is 5.13. The van der Waals surface area contributed by atoms with Crippen molar-refractivity contribution in [3.63, 3.8) is 0 Å². The highest BCUT2D eigenvalue weighted by atomic mass is 16.5. The first kappa shape index (κ1) is 16.8. The molecule has 2 nitrogen and oxygen atoms in total. The molecule has 2 heteroatoms. The van der Waals surface area contributed by atoms with Crippen LogP contribution >= 0.6 is 0 Å². The summed E-state index contributed by atoms with van der Waals surface area (Å²) in [6.45, 7) is 3.70. The van der Waals surface area contributed by atoms with Gasteiger partial charge in [0, 0.05) is 5.41 Å². The lowest BCUT2D eigenvalue weighted by Gasteiger charge is -2.38. The van der Waals surface area contributed by atoms with E-state index in [9.17, 15) is 4.79 Å². The van der Waals surface area contributed by atoms with Crippen molar-refractivity contribution in [1.29, 1.82) is 0 Å². The van der Waals surface area contributed by atoms with Gasteiger partial charge in [0.1, 0.15) is 5.75 Å². The number of hydrogen-bond donors (Lipinski definition) is 0. The topological polar surface area (TPSA) is 26.3 Å². The Morgan fingerprint density at radius 1 is 0.875 bits per heavy atom. The van der Waals surface area contributed by atoms with Gasteiger partial charge in [0.25, 0.3) is 0 Å². The summed E-state index contributed by atoms with van der Waals surface area (Å²) in [5.74, 6) is 0.341. The van der Waals surface area contributed by atoms with Crippen LogP contribution < -0.4 is 4.74 Å². The van der Waals surface area contributed by atoms with E-state index < -0.39 is 0 Å². The maximum atomic E-state index is 11.8. The summed E-state index contributed by atoms with van der Waals surface area (Å²) >= 11 is 0. The van der Waals surface area contributed by atoms with Gasteiger partial charge in [-0.3, -0.25) is 4.79 Å². The molecular formula is C22H26O2. The van der Waals surface area contributed by atoms with E-state index in [0.717, 1.165) is 0 Å². The van der Waals surface area contributed by atoms with E-state index in [4.69, 9.17) is 4.74 Å². The zero-order chi connectivity index (χ0) is 17.0. The number of hydrogen-bond acceptors (Lipinski definition) is 2. The van der Waals surface area contributed by atoms with Crippen molar-refractivity contribution in [2.45, 2.75) is 51.4 Å². The van der Waals surface area contributed by atoms with Gasteiger partial charge in [0.05, 0.1) is 5.92 Å². The number of esters is 1. The van der Waals surface area contributed by atoms with Gasteiger partial charge < -0.3 is 4.74 Å². The average molecular weight is 322 g/mol. The minimum Gasteiger partial charge on any atom is -0.426 e. The minimum absolute atomic E-state index is 0.0973. The van der Waals surface area contributed by atoms with Gasteiger partial charge in [0.15, 0.2) is 0 Å². The molecule has 1 aliphatic rings. The first-order valence-corrected chi connectivity index (χ1v) is 8.99. The van der Waals surface area contributed by atoms with Crippen molar-refractivity contribution >= 4 is 5.97 Å². The van der Waals surface area contributed by atoms with E-state index in [2.05, 4.69) is 42.5 Å². The Hall–Kier alpha value is -2.09. The number of benzene rings is 2. The standard InChI is InChI=1S/C22H26O2/c1-17(2)21(23)24-20-13-11-19(12-14-20)22(15-7-4-8-16-22)18-9-5-3-6-10-18/h3,5-6,9-14,17H,4,7-8,15-16H2,1-2H3. The Morgan fingerprint density at radius 3 is 2.04 bits per heavy atom. The SMILES string of the molecule is CC(C)C(=O)Oc1ccc(C2(c3ccccc3)CCCCC2)cc1. The van der Waals surface area contributed by atoms with Crippen molar-refractivity contribution in [3.8, 4) is 5.75 Å². The van der Waals surface area contributed by atoms with Crippen LogP contribution in [0.25, 0.3) is 0 Å². The normalized spacial score (nSPS) is 16.8. The van der Waals surface area contributed by atoms with E-state index in [1.807, 2.05) is 26.0 Å². The van der Waals surface area contributed by atoms with Gasteiger partial charge in [-0.05, 0) is 36.1 Å². The summed E-state index contributed by atoms with van der Waals surface area (Å²) in [6, 6.07) is 19.0. The van der Waals surface area contributed by atoms with E-state index in [-0.39, 0.29) is 17.3 Å². The number of ether oxygens (including phenoxy) is 1. The Balaban J connectivity index is 1.90. The minimum atomic E-state index is -0.182. The number of carbonyl (C=O) groups excluding carboxylic acids is 1. The van der Waals surface area contributed by atoms with Crippen molar-refractivity contribution in [2.24, 2.45) is 5.92 Å². The molecule has 2 aromatic carbocycles. The predicted octanol–water partition coefficient (Wildman–Crippen LogP) is 5.50. The lowest BCUT2D eigenvalue weighted by atomic mass is 9.65. The predicted molar refractivity (Wildman–Crippen MR) is 97.2 cm³/mol. The zero-order valence-electron chi connectivity index (χ0n) is 14.6. The maximum Gasteiger partial charge on any atom is 0.313 e. The fraction of sp³-hybridized carbons (Fsp3) is 0.409. The Bertz CT molecular complexity index is 665. The first-order chi connectivity index (χ1) is 11.6. The number of carbonyl (C=O) groups is 1.